The number of imide groups is 1. The number of anilines is 1. The fourth-order valence-corrected chi connectivity index (χ4v) is 4.54. The molecule has 1 aliphatic heterocycles. The van der Waals surface area contributed by atoms with Crippen molar-refractivity contribution >= 4 is 53.2 Å². The molecule has 292 valence electrons. The number of benzene rings is 1. The smallest absolute Gasteiger partial charge is 0.410 e. The van der Waals surface area contributed by atoms with Crippen molar-refractivity contribution in [3.05, 3.63) is 29.8 Å². The molecule has 0 aromatic heterocycles. The number of carbonyl (C=O) groups excluding carboxylic acids is 8. The van der Waals surface area contributed by atoms with Gasteiger partial charge in [0.1, 0.15) is 18.7 Å². The van der Waals surface area contributed by atoms with Crippen molar-refractivity contribution in [2.75, 3.05) is 25.5 Å². The van der Waals surface area contributed by atoms with E-state index in [9.17, 15) is 38.4 Å². The number of primary amides is 1. The minimum absolute atomic E-state index is 0.0293. The number of carbonyl (C=O) groups is 8. The van der Waals surface area contributed by atoms with Crippen LogP contribution in [0, 0.1) is 5.92 Å². The predicted octanol–water partition coefficient (Wildman–Crippen LogP) is 2.26. The molecule has 1 aromatic carbocycles. The highest BCUT2D eigenvalue weighted by Gasteiger charge is 2.33. The van der Waals surface area contributed by atoms with Gasteiger partial charge in [-0.15, -0.1) is 5.06 Å². The lowest BCUT2D eigenvalue weighted by Crippen LogP contribution is -2.48. The lowest BCUT2D eigenvalue weighted by molar-refractivity contribution is -0.197. The van der Waals surface area contributed by atoms with Gasteiger partial charge in [-0.05, 0) is 49.4 Å². The average molecular weight is 736 g/mol. The van der Waals surface area contributed by atoms with Crippen LogP contribution in [0.3, 0.4) is 0 Å². The predicted molar refractivity (Wildman–Crippen MR) is 192 cm³/mol. The van der Waals surface area contributed by atoms with Crippen LogP contribution in [0.4, 0.5) is 10.5 Å². The van der Waals surface area contributed by atoms with Gasteiger partial charge >= 0.3 is 12.1 Å². The lowest BCUT2D eigenvalue weighted by atomic mass is 10.0. The topological polar surface area (TPSA) is 250 Å². The molecule has 52 heavy (non-hydrogen) atoms. The number of nitrogens with two attached hydrogens (primary N) is 2. The fourth-order valence-electron chi connectivity index (χ4n) is 4.54. The molecule has 7 N–H and O–H groups in total. The Bertz CT molecular complexity index is 1320. The molecule has 0 spiro atoms. The third kappa shape index (κ3) is 17.7. The summed E-state index contributed by atoms with van der Waals surface area (Å²) in [7, 11) is 1.43. The average Bonchev–Trinajstić information content (AvgIpc) is 3.41. The molecule has 0 bridgehead atoms. The molecule has 2 atom stereocenters. The molecule has 17 nitrogen and oxygen atoms in total. The Labute approximate surface area is 305 Å². The summed E-state index contributed by atoms with van der Waals surface area (Å²) in [5.74, 6) is -4.57. The first-order chi connectivity index (χ1) is 24.6. The first-order valence-electron chi connectivity index (χ1n) is 17.6. The zero-order valence-electron chi connectivity index (χ0n) is 31.5. The van der Waals surface area contributed by atoms with Crippen molar-refractivity contribution in [3.8, 4) is 0 Å². The van der Waals surface area contributed by atoms with E-state index in [-0.39, 0.29) is 57.6 Å². The number of nitrogens with one attached hydrogen (secondary N) is 3. The molecule has 17 heteroatoms. The third-order valence-electron chi connectivity index (χ3n) is 6.99. The SMILES string of the molecule is CC.CC(C)[C@@H](C(N)=O)N(C)C(=O)OCc1ccc(NC(=O)[C@H](CCCN)NC(=O)CNC(=O)CCCC(=O)ON2C(=O)CCC2=O)cc1.CCC. The maximum absolute atomic E-state index is 13.0. The molecule has 1 aliphatic rings. The zero-order chi connectivity index (χ0) is 39.8. The summed E-state index contributed by atoms with van der Waals surface area (Å²) in [6.45, 7) is 11.5. The van der Waals surface area contributed by atoms with Crippen molar-refractivity contribution in [1.29, 1.82) is 0 Å². The number of hydroxylamine groups is 2. The summed E-state index contributed by atoms with van der Waals surface area (Å²) >= 11 is 0. The van der Waals surface area contributed by atoms with Crippen LogP contribution in [0.5, 0.6) is 0 Å². The Balaban J connectivity index is 0.00000493. The Morgan fingerprint density at radius 1 is 0.923 bits per heavy atom. The van der Waals surface area contributed by atoms with Crippen LogP contribution >= 0.6 is 0 Å². The van der Waals surface area contributed by atoms with Gasteiger partial charge in [0.2, 0.25) is 23.6 Å². The van der Waals surface area contributed by atoms with E-state index in [0.29, 0.717) is 22.7 Å². The van der Waals surface area contributed by atoms with Gasteiger partial charge in [-0.25, -0.2) is 9.59 Å². The van der Waals surface area contributed by atoms with E-state index in [1.165, 1.54) is 13.5 Å². The lowest BCUT2D eigenvalue weighted by Gasteiger charge is -2.27. The molecule has 1 heterocycles. The molecule has 0 aliphatic carbocycles. The van der Waals surface area contributed by atoms with Crippen LogP contribution in [0.2, 0.25) is 0 Å². The molecular weight excluding hydrogens is 678 g/mol. The van der Waals surface area contributed by atoms with Crippen molar-refractivity contribution < 1.29 is 47.9 Å². The van der Waals surface area contributed by atoms with Crippen molar-refractivity contribution in [3.63, 3.8) is 0 Å². The molecule has 0 saturated carbocycles. The Morgan fingerprint density at radius 2 is 1.50 bits per heavy atom. The number of rotatable bonds is 18. The first-order valence-corrected chi connectivity index (χ1v) is 17.6. The van der Waals surface area contributed by atoms with E-state index >= 15 is 0 Å². The van der Waals surface area contributed by atoms with Crippen molar-refractivity contribution in [2.24, 2.45) is 17.4 Å². The van der Waals surface area contributed by atoms with Gasteiger partial charge in [-0.3, -0.25) is 33.7 Å². The van der Waals surface area contributed by atoms with E-state index in [1.54, 1.807) is 38.1 Å². The summed E-state index contributed by atoms with van der Waals surface area (Å²) in [5.41, 5.74) is 12.0. The van der Waals surface area contributed by atoms with E-state index in [1.807, 2.05) is 13.8 Å². The molecule has 0 unspecified atom stereocenters. The number of likely N-dealkylation sites (N-methyl/N-ethyl adjacent to an activating group) is 1. The maximum atomic E-state index is 13.0. The number of nitrogens with zero attached hydrogens (tertiary/aromatic N) is 2. The van der Waals surface area contributed by atoms with Gasteiger partial charge in [0.15, 0.2) is 0 Å². The molecule has 1 fully saturated rings. The monoisotopic (exact) mass is 735 g/mol. The highest BCUT2D eigenvalue weighted by molar-refractivity contribution is 6.01. The summed E-state index contributed by atoms with van der Waals surface area (Å²) in [6, 6.07) is 4.66. The van der Waals surface area contributed by atoms with Crippen LogP contribution in [0.15, 0.2) is 24.3 Å². The maximum Gasteiger partial charge on any atom is 0.410 e. The standard InChI is InChI=1S/C30H43N7O10.C3H8.C2H6/c1-18(2)27(28(32)43)36(3)30(45)46-17-19-9-11-20(12-10-19)34-29(44)21(6-5-15-31)35-23(39)16-33-22(38)7-4-8-26(42)47-37-24(40)13-14-25(37)41;1-3-2;1-2/h9-12,18,21,27H,4-8,13-17,31H2,1-3H3,(H2,32,43)(H,33,38)(H,34,44)(H,35,39);3H2,1-2H3;1-2H3/t21-,27-;;/m0../s1. The van der Waals surface area contributed by atoms with Crippen molar-refractivity contribution in [1.82, 2.24) is 20.6 Å². The number of amides is 7. The highest BCUT2D eigenvalue weighted by Crippen LogP contribution is 2.15. The number of hydrogen-bond donors (Lipinski definition) is 5. The quantitative estimate of drug-likeness (QED) is 0.137. The van der Waals surface area contributed by atoms with Crippen LogP contribution < -0.4 is 27.4 Å². The molecule has 0 radical (unpaired) electrons. The van der Waals surface area contributed by atoms with Crippen LogP contribution in [0.25, 0.3) is 0 Å². The summed E-state index contributed by atoms with van der Waals surface area (Å²) in [5, 5.41) is 8.10. The number of ether oxygens (including phenoxy) is 1. The Kier molecular flexibility index (Phi) is 23.3. The summed E-state index contributed by atoms with van der Waals surface area (Å²) in [6.07, 6.45) is 0.839. The first kappa shape index (κ1) is 46.9. The third-order valence-corrected chi connectivity index (χ3v) is 6.99. The second-order valence-electron chi connectivity index (χ2n) is 11.9. The Hall–Kier alpha value is -5.06. The van der Waals surface area contributed by atoms with E-state index in [2.05, 4.69) is 29.8 Å². The summed E-state index contributed by atoms with van der Waals surface area (Å²) < 4.78 is 5.28. The van der Waals surface area contributed by atoms with E-state index in [0.717, 1.165) is 4.90 Å². The van der Waals surface area contributed by atoms with Gasteiger partial charge in [-0.2, -0.15) is 0 Å². The normalized spacial score (nSPS) is 13.0. The molecule has 2 rings (SSSR count). The Morgan fingerprint density at radius 3 is 2.02 bits per heavy atom. The minimum atomic E-state index is -0.955. The molecule has 1 saturated heterocycles. The summed E-state index contributed by atoms with van der Waals surface area (Å²) in [4.78, 5) is 102. The van der Waals surface area contributed by atoms with Gasteiger partial charge < -0.3 is 37.0 Å². The van der Waals surface area contributed by atoms with Gasteiger partial charge in [0, 0.05) is 38.4 Å². The molecular formula is C35H57N7O10. The van der Waals surface area contributed by atoms with Crippen LogP contribution in [-0.4, -0.2) is 89.7 Å². The largest absolute Gasteiger partial charge is 0.445 e. The van der Waals surface area contributed by atoms with Gasteiger partial charge in [-0.1, -0.05) is 60.1 Å². The highest BCUT2D eigenvalue weighted by atomic mass is 16.7. The number of hydrogen-bond acceptors (Lipinski definition) is 11. The van der Waals surface area contributed by atoms with Crippen LogP contribution in [0.1, 0.15) is 98.5 Å². The minimum Gasteiger partial charge on any atom is -0.445 e. The van der Waals surface area contributed by atoms with E-state index in [4.69, 9.17) is 21.0 Å². The van der Waals surface area contributed by atoms with Crippen molar-refractivity contribution in [2.45, 2.75) is 112 Å². The molecule has 1 aromatic rings. The second-order valence-corrected chi connectivity index (χ2v) is 11.9. The second kappa shape index (κ2) is 25.8. The van der Waals surface area contributed by atoms with Gasteiger partial charge in [0.25, 0.3) is 11.8 Å². The molecule has 7 amide bonds. The fraction of sp³-hybridized carbons (Fsp3) is 0.600. The van der Waals surface area contributed by atoms with Gasteiger partial charge in [0.05, 0.1) is 6.54 Å². The van der Waals surface area contributed by atoms with E-state index < -0.39 is 66.1 Å². The van der Waals surface area contributed by atoms with Crippen LogP contribution in [-0.2, 0) is 49.7 Å². The zero-order valence-corrected chi connectivity index (χ0v) is 31.5.